The summed E-state index contributed by atoms with van der Waals surface area (Å²) in [6.07, 6.45) is 2.45. The number of aryl methyl sites for hydroxylation is 1. The molecule has 0 aliphatic carbocycles. The number of rotatable bonds is 3. The van der Waals surface area contributed by atoms with E-state index in [4.69, 9.17) is 0 Å². The fraction of sp³-hybridized carbons (Fsp3) is 0.769. The zero-order valence-corrected chi connectivity index (χ0v) is 11.4. The van der Waals surface area contributed by atoms with Crippen LogP contribution in [0.15, 0.2) is 5.38 Å². The van der Waals surface area contributed by atoms with Gasteiger partial charge in [-0.1, -0.05) is 20.8 Å². The van der Waals surface area contributed by atoms with E-state index >= 15 is 0 Å². The van der Waals surface area contributed by atoms with Crippen molar-refractivity contribution in [3.8, 4) is 0 Å². The molecule has 90 valence electrons. The van der Waals surface area contributed by atoms with Crippen molar-refractivity contribution in [2.45, 2.75) is 40.2 Å². The quantitative estimate of drug-likeness (QED) is 0.804. The predicted octanol–water partition coefficient (Wildman–Crippen LogP) is 3.18. The first-order valence-electron chi connectivity index (χ1n) is 6.33. The first-order valence-corrected chi connectivity index (χ1v) is 7.21. The number of aromatic nitrogens is 1. The van der Waals surface area contributed by atoms with Crippen LogP contribution in [0.4, 0.5) is 0 Å². The fourth-order valence-electron chi connectivity index (χ4n) is 2.73. The molecule has 2 unspecified atom stereocenters. The highest BCUT2D eigenvalue weighted by atomic mass is 32.1. The normalized spacial score (nSPS) is 27.2. The van der Waals surface area contributed by atoms with Crippen LogP contribution < -0.4 is 0 Å². The highest BCUT2D eigenvalue weighted by molar-refractivity contribution is 7.09. The van der Waals surface area contributed by atoms with Crippen LogP contribution >= 0.6 is 11.3 Å². The predicted molar refractivity (Wildman–Crippen MR) is 69.7 cm³/mol. The van der Waals surface area contributed by atoms with Gasteiger partial charge in [-0.05, 0) is 24.7 Å². The van der Waals surface area contributed by atoms with E-state index in [1.54, 1.807) is 11.3 Å². The topological polar surface area (TPSA) is 16.1 Å². The lowest BCUT2D eigenvalue weighted by Gasteiger charge is -2.34. The zero-order chi connectivity index (χ0) is 11.5. The maximum Gasteiger partial charge on any atom is 0.0926 e. The van der Waals surface area contributed by atoms with Crippen LogP contribution in [0.3, 0.4) is 0 Å². The van der Waals surface area contributed by atoms with Crippen LogP contribution in [-0.2, 0) is 13.0 Å². The summed E-state index contributed by atoms with van der Waals surface area (Å²) < 4.78 is 0. The van der Waals surface area contributed by atoms with Crippen molar-refractivity contribution in [1.29, 1.82) is 0 Å². The molecule has 1 aliphatic heterocycles. The van der Waals surface area contributed by atoms with E-state index < -0.39 is 0 Å². The second kappa shape index (κ2) is 5.28. The molecular weight excluding hydrogens is 216 g/mol. The van der Waals surface area contributed by atoms with Crippen molar-refractivity contribution in [2.24, 2.45) is 11.8 Å². The Hall–Kier alpha value is -0.410. The molecule has 1 fully saturated rings. The molecule has 3 heteroatoms. The number of hydrogen-bond acceptors (Lipinski definition) is 3. The Bertz CT molecular complexity index is 324. The third kappa shape index (κ3) is 3.05. The third-order valence-electron chi connectivity index (χ3n) is 3.23. The smallest absolute Gasteiger partial charge is 0.0926 e. The molecule has 0 amide bonds. The van der Waals surface area contributed by atoms with Gasteiger partial charge in [0.05, 0.1) is 10.7 Å². The van der Waals surface area contributed by atoms with E-state index in [2.05, 4.69) is 36.0 Å². The van der Waals surface area contributed by atoms with Gasteiger partial charge in [0.1, 0.15) is 0 Å². The lowest BCUT2D eigenvalue weighted by molar-refractivity contribution is 0.133. The zero-order valence-electron chi connectivity index (χ0n) is 10.6. The summed E-state index contributed by atoms with van der Waals surface area (Å²) in [5.41, 5.74) is 1.27. The van der Waals surface area contributed by atoms with Crippen molar-refractivity contribution in [3.05, 3.63) is 16.1 Å². The fourth-order valence-corrected chi connectivity index (χ4v) is 3.47. The Morgan fingerprint density at radius 3 is 2.62 bits per heavy atom. The van der Waals surface area contributed by atoms with E-state index in [0.29, 0.717) is 0 Å². The van der Waals surface area contributed by atoms with Crippen molar-refractivity contribution >= 4 is 11.3 Å². The molecule has 1 aromatic heterocycles. The number of piperidine rings is 1. The van der Waals surface area contributed by atoms with Crippen LogP contribution in [0.2, 0.25) is 0 Å². The minimum Gasteiger partial charge on any atom is -0.297 e. The standard InChI is InChI=1S/C13H22N2S/c1-4-13-14-12(9-16-13)8-15-6-10(2)5-11(3)7-15/h9-11H,4-8H2,1-3H3. The molecular formula is C13H22N2S. The SMILES string of the molecule is CCc1nc(CN2CC(C)CC(C)C2)cs1. The monoisotopic (exact) mass is 238 g/mol. The average molecular weight is 238 g/mol. The van der Waals surface area contributed by atoms with Crippen molar-refractivity contribution < 1.29 is 0 Å². The van der Waals surface area contributed by atoms with Gasteiger partial charge >= 0.3 is 0 Å². The molecule has 1 aliphatic rings. The van der Waals surface area contributed by atoms with E-state index in [1.165, 1.54) is 30.2 Å². The van der Waals surface area contributed by atoms with Gasteiger partial charge in [0.25, 0.3) is 0 Å². The van der Waals surface area contributed by atoms with Crippen LogP contribution in [-0.4, -0.2) is 23.0 Å². The van der Waals surface area contributed by atoms with Crippen molar-refractivity contribution in [2.75, 3.05) is 13.1 Å². The van der Waals surface area contributed by atoms with Crippen LogP contribution in [0, 0.1) is 11.8 Å². The van der Waals surface area contributed by atoms with Gasteiger partial charge < -0.3 is 0 Å². The summed E-state index contributed by atoms with van der Waals surface area (Å²) in [4.78, 5) is 7.21. The summed E-state index contributed by atoms with van der Waals surface area (Å²) in [5.74, 6) is 1.68. The molecule has 2 heterocycles. The molecule has 0 saturated carbocycles. The summed E-state index contributed by atoms with van der Waals surface area (Å²) in [6.45, 7) is 10.4. The molecule has 0 N–H and O–H groups in total. The van der Waals surface area contributed by atoms with E-state index in [-0.39, 0.29) is 0 Å². The molecule has 2 rings (SSSR count). The van der Waals surface area contributed by atoms with Gasteiger partial charge in [-0.15, -0.1) is 11.3 Å². The van der Waals surface area contributed by atoms with Crippen LogP contribution in [0.25, 0.3) is 0 Å². The lowest BCUT2D eigenvalue weighted by Crippen LogP contribution is -2.38. The highest BCUT2D eigenvalue weighted by Gasteiger charge is 2.22. The first kappa shape index (κ1) is 12.1. The average Bonchev–Trinajstić information content (AvgIpc) is 2.64. The van der Waals surface area contributed by atoms with Gasteiger partial charge in [0.15, 0.2) is 0 Å². The summed E-state index contributed by atoms with van der Waals surface area (Å²) in [6, 6.07) is 0. The Morgan fingerprint density at radius 1 is 1.38 bits per heavy atom. The maximum atomic E-state index is 4.65. The molecule has 2 nitrogen and oxygen atoms in total. The molecule has 1 aromatic rings. The molecule has 0 aromatic carbocycles. The summed E-state index contributed by atoms with van der Waals surface area (Å²) >= 11 is 1.80. The molecule has 0 spiro atoms. The van der Waals surface area contributed by atoms with E-state index in [0.717, 1.165) is 24.8 Å². The Labute approximate surface area is 103 Å². The third-order valence-corrected chi connectivity index (χ3v) is 4.27. The van der Waals surface area contributed by atoms with Gasteiger partial charge in [-0.3, -0.25) is 4.90 Å². The van der Waals surface area contributed by atoms with E-state index in [1.807, 2.05) is 0 Å². The maximum absolute atomic E-state index is 4.65. The highest BCUT2D eigenvalue weighted by Crippen LogP contribution is 2.22. The first-order chi connectivity index (χ1) is 7.67. The Morgan fingerprint density at radius 2 is 2.06 bits per heavy atom. The number of nitrogens with zero attached hydrogens (tertiary/aromatic N) is 2. The molecule has 0 bridgehead atoms. The van der Waals surface area contributed by atoms with Gasteiger partial charge in [0, 0.05) is 25.0 Å². The minimum atomic E-state index is 0.841. The summed E-state index contributed by atoms with van der Waals surface area (Å²) in [5, 5.41) is 3.50. The molecule has 2 atom stereocenters. The number of hydrogen-bond donors (Lipinski definition) is 0. The largest absolute Gasteiger partial charge is 0.297 e. The van der Waals surface area contributed by atoms with Gasteiger partial charge in [0.2, 0.25) is 0 Å². The molecule has 1 saturated heterocycles. The Kier molecular flexibility index (Phi) is 3.98. The van der Waals surface area contributed by atoms with Crippen LogP contribution in [0.1, 0.15) is 37.9 Å². The lowest BCUT2D eigenvalue weighted by atomic mass is 9.92. The van der Waals surface area contributed by atoms with Gasteiger partial charge in [-0.25, -0.2) is 4.98 Å². The minimum absolute atomic E-state index is 0.841. The second-order valence-corrected chi connectivity index (χ2v) is 6.17. The summed E-state index contributed by atoms with van der Waals surface area (Å²) in [7, 11) is 0. The number of likely N-dealkylation sites (tertiary alicyclic amines) is 1. The number of thiazole rings is 1. The second-order valence-electron chi connectivity index (χ2n) is 5.23. The van der Waals surface area contributed by atoms with Crippen molar-refractivity contribution in [1.82, 2.24) is 9.88 Å². The van der Waals surface area contributed by atoms with Crippen molar-refractivity contribution in [3.63, 3.8) is 0 Å². The molecule has 0 radical (unpaired) electrons. The van der Waals surface area contributed by atoms with Gasteiger partial charge in [-0.2, -0.15) is 0 Å². The Balaban J connectivity index is 1.93. The molecule has 16 heavy (non-hydrogen) atoms. The van der Waals surface area contributed by atoms with E-state index in [9.17, 15) is 0 Å². The van der Waals surface area contributed by atoms with Crippen LogP contribution in [0.5, 0.6) is 0 Å².